The van der Waals surface area contributed by atoms with Crippen LogP contribution in [0.4, 0.5) is 5.69 Å². The molecule has 0 unspecified atom stereocenters. The van der Waals surface area contributed by atoms with E-state index in [9.17, 15) is 19.7 Å². The van der Waals surface area contributed by atoms with Crippen LogP contribution in [0.25, 0.3) is 0 Å². The minimum absolute atomic E-state index is 0.115. The number of nitro benzene ring substituents is 1. The molecule has 0 saturated heterocycles. The molecule has 0 heterocycles. The van der Waals surface area contributed by atoms with Crippen LogP contribution in [0.5, 0.6) is 0 Å². The fraction of sp³-hybridized carbons (Fsp3) is 0.273. The number of methoxy groups -OCH3 is 2. The van der Waals surface area contributed by atoms with Crippen molar-refractivity contribution in [3.63, 3.8) is 0 Å². The molecule has 0 spiro atoms. The first-order chi connectivity index (χ1) is 8.92. The number of benzene rings is 1. The number of carbonyl (C=O) groups excluding carboxylic acids is 2. The van der Waals surface area contributed by atoms with E-state index in [1.54, 1.807) is 0 Å². The Balaban J connectivity index is 3.41. The van der Waals surface area contributed by atoms with Crippen molar-refractivity contribution in [1.82, 2.24) is 0 Å². The summed E-state index contributed by atoms with van der Waals surface area (Å²) < 4.78 is 8.92. The highest BCUT2D eigenvalue weighted by molar-refractivity contribution is 6.30. The first-order valence-electron chi connectivity index (χ1n) is 5.01. The number of nitrogens with zero attached hydrogens (tertiary/aromatic N) is 1. The van der Waals surface area contributed by atoms with Crippen LogP contribution in [0.15, 0.2) is 18.2 Å². The molecular weight excluding hydrogens is 278 g/mol. The van der Waals surface area contributed by atoms with E-state index in [0.29, 0.717) is 0 Å². The topological polar surface area (TPSA) is 95.7 Å². The van der Waals surface area contributed by atoms with Gasteiger partial charge in [-0.1, -0.05) is 11.6 Å². The second-order valence-electron chi connectivity index (χ2n) is 3.44. The zero-order valence-corrected chi connectivity index (χ0v) is 10.8. The van der Waals surface area contributed by atoms with Crippen LogP contribution in [-0.2, 0) is 19.1 Å². The van der Waals surface area contributed by atoms with Gasteiger partial charge in [-0.25, -0.2) is 0 Å². The number of esters is 2. The summed E-state index contributed by atoms with van der Waals surface area (Å²) in [6.45, 7) is 0. The highest BCUT2D eigenvalue weighted by Gasteiger charge is 2.36. The maximum Gasteiger partial charge on any atom is 0.324 e. The van der Waals surface area contributed by atoms with E-state index in [0.717, 1.165) is 20.3 Å². The molecule has 0 radical (unpaired) electrons. The van der Waals surface area contributed by atoms with Gasteiger partial charge in [0.05, 0.1) is 24.7 Å². The van der Waals surface area contributed by atoms with Gasteiger partial charge in [-0.3, -0.25) is 19.7 Å². The highest BCUT2D eigenvalue weighted by Crippen LogP contribution is 2.31. The van der Waals surface area contributed by atoms with Gasteiger partial charge >= 0.3 is 11.9 Å². The van der Waals surface area contributed by atoms with E-state index in [-0.39, 0.29) is 10.6 Å². The molecule has 8 heteroatoms. The Labute approximate surface area is 113 Å². The van der Waals surface area contributed by atoms with Crippen molar-refractivity contribution in [2.24, 2.45) is 0 Å². The molecular formula is C11H10ClNO6. The van der Waals surface area contributed by atoms with E-state index < -0.39 is 28.5 Å². The maximum absolute atomic E-state index is 11.6. The molecule has 1 aromatic carbocycles. The molecule has 0 saturated carbocycles. The average molecular weight is 288 g/mol. The van der Waals surface area contributed by atoms with E-state index in [2.05, 4.69) is 9.47 Å². The van der Waals surface area contributed by atoms with Crippen molar-refractivity contribution >= 4 is 29.2 Å². The van der Waals surface area contributed by atoms with E-state index >= 15 is 0 Å². The van der Waals surface area contributed by atoms with Crippen molar-refractivity contribution in [2.45, 2.75) is 5.92 Å². The van der Waals surface area contributed by atoms with Crippen molar-refractivity contribution in [1.29, 1.82) is 0 Å². The minimum Gasteiger partial charge on any atom is -0.468 e. The van der Waals surface area contributed by atoms with Crippen molar-refractivity contribution in [3.8, 4) is 0 Å². The molecule has 0 N–H and O–H groups in total. The van der Waals surface area contributed by atoms with Crippen LogP contribution in [0.1, 0.15) is 11.5 Å². The number of ether oxygens (including phenoxy) is 2. The van der Waals surface area contributed by atoms with Gasteiger partial charge in [0.15, 0.2) is 5.92 Å². The van der Waals surface area contributed by atoms with Gasteiger partial charge in [0.2, 0.25) is 0 Å². The van der Waals surface area contributed by atoms with Gasteiger partial charge in [-0.15, -0.1) is 0 Å². The van der Waals surface area contributed by atoms with Gasteiger partial charge in [-0.2, -0.15) is 0 Å². The lowest BCUT2D eigenvalue weighted by Crippen LogP contribution is -2.25. The van der Waals surface area contributed by atoms with Crippen molar-refractivity contribution in [2.75, 3.05) is 14.2 Å². The first kappa shape index (κ1) is 14.9. The minimum atomic E-state index is -1.52. The van der Waals surface area contributed by atoms with Crippen molar-refractivity contribution < 1.29 is 24.0 Å². The number of hydrogen-bond acceptors (Lipinski definition) is 6. The lowest BCUT2D eigenvalue weighted by atomic mass is 9.97. The Kier molecular flexibility index (Phi) is 4.82. The van der Waals surface area contributed by atoms with Crippen molar-refractivity contribution in [3.05, 3.63) is 38.9 Å². The lowest BCUT2D eigenvalue weighted by Gasteiger charge is -2.12. The Morgan fingerprint density at radius 1 is 1.26 bits per heavy atom. The van der Waals surface area contributed by atoms with E-state index in [1.807, 2.05) is 0 Å². The largest absolute Gasteiger partial charge is 0.468 e. The molecule has 0 bridgehead atoms. The van der Waals surface area contributed by atoms with Gasteiger partial charge in [0.25, 0.3) is 5.69 Å². The zero-order chi connectivity index (χ0) is 14.6. The maximum atomic E-state index is 11.6. The standard InChI is InChI=1S/C11H10ClNO6/c1-18-10(14)9(11(15)19-2)7-4-3-6(12)5-8(7)13(16)17/h3-5,9H,1-2H3. The Morgan fingerprint density at radius 2 is 1.79 bits per heavy atom. The molecule has 0 aromatic heterocycles. The fourth-order valence-electron chi connectivity index (χ4n) is 1.50. The summed E-state index contributed by atoms with van der Waals surface area (Å²) in [5.41, 5.74) is -0.582. The second-order valence-corrected chi connectivity index (χ2v) is 3.88. The molecule has 102 valence electrons. The SMILES string of the molecule is COC(=O)C(C(=O)OC)c1ccc(Cl)cc1[N+](=O)[O-]. The Morgan fingerprint density at radius 3 is 2.21 bits per heavy atom. The molecule has 0 amide bonds. The monoisotopic (exact) mass is 287 g/mol. The molecule has 1 aromatic rings. The third-order valence-corrected chi connectivity index (χ3v) is 2.61. The summed E-state index contributed by atoms with van der Waals surface area (Å²) >= 11 is 5.66. The summed E-state index contributed by atoms with van der Waals surface area (Å²) in [6.07, 6.45) is 0. The number of halogens is 1. The smallest absolute Gasteiger partial charge is 0.324 e. The summed E-state index contributed by atoms with van der Waals surface area (Å²) in [5.74, 6) is -3.41. The average Bonchev–Trinajstić information content (AvgIpc) is 2.39. The number of nitro groups is 1. The molecule has 7 nitrogen and oxygen atoms in total. The molecule has 19 heavy (non-hydrogen) atoms. The van der Waals surface area contributed by atoms with Crippen LogP contribution in [0.2, 0.25) is 5.02 Å². The van der Waals surface area contributed by atoms with Crippen LogP contribution in [0.3, 0.4) is 0 Å². The normalized spacial score (nSPS) is 10.1. The van der Waals surface area contributed by atoms with Crippen LogP contribution < -0.4 is 0 Å². The summed E-state index contributed by atoms with van der Waals surface area (Å²) in [7, 11) is 2.14. The summed E-state index contributed by atoms with van der Waals surface area (Å²) in [6, 6.07) is 3.61. The Bertz CT molecular complexity index is 514. The molecule has 1 rings (SSSR count). The van der Waals surface area contributed by atoms with Gasteiger partial charge in [0.1, 0.15) is 0 Å². The molecule has 0 aliphatic carbocycles. The number of hydrogen-bond donors (Lipinski definition) is 0. The first-order valence-corrected chi connectivity index (χ1v) is 5.39. The fourth-order valence-corrected chi connectivity index (χ4v) is 1.67. The van der Waals surface area contributed by atoms with Gasteiger partial charge in [-0.05, 0) is 12.1 Å². The third-order valence-electron chi connectivity index (χ3n) is 2.37. The van der Waals surface area contributed by atoms with Crippen LogP contribution in [-0.4, -0.2) is 31.1 Å². The zero-order valence-electron chi connectivity index (χ0n) is 10.1. The number of carbonyl (C=O) groups is 2. The predicted octanol–water partition coefficient (Wildman–Crippen LogP) is 1.68. The quantitative estimate of drug-likeness (QED) is 0.362. The van der Waals surface area contributed by atoms with Gasteiger partial charge < -0.3 is 9.47 Å². The van der Waals surface area contributed by atoms with Crippen LogP contribution >= 0.6 is 11.6 Å². The summed E-state index contributed by atoms with van der Waals surface area (Å²) in [5, 5.41) is 11.1. The lowest BCUT2D eigenvalue weighted by molar-refractivity contribution is -0.385. The van der Waals surface area contributed by atoms with Gasteiger partial charge in [0, 0.05) is 11.1 Å². The third kappa shape index (κ3) is 3.19. The summed E-state index contributed by atoms with van der Waals surface area (Å²) in [4.78, 5) is 33.4. The molecule has 0 atom stereocenters. The van der Waals surface area contributed by atoms with E-state index in [4.69, 9.17) is 11.6 Å². The van der Waals surface area contributed by atoms with E-state index in [1.165, 1.54) is 12.1 Å². The second kappa shape index (κ2) is 6.14. The Hall–Kier alpha value is -2.15. The molecule has 0 aliphatic rings. The molecule has 0 aliphatic heterocycles. The highest BCUT2D eigenvalue weighted by atomic mass is 35.5. The number of rotatable bonds is 4. The van der Waals surface area contributed by atoms with Crippen LogP contribution in [0, 0.1) is 10.1 Å². The predicted molar refractivity (Wildman–Crippen MR) is 64.9 cm³/mol. The molecule has 0 fully saturated rings.